The average molecular weight is 277 g/mol. The summed E-state index contributed by atoms with van der Waals surface area (Å²) in [6.45, 7) is 7.06. The molecule has 2 rings (SSSR count). The molecule has 1 aliphatic rings. The fraction of sp³-hybridized carbons (Fsp3) is 0.533. The van der Waals surface area contributed by atoms with E-state index < -0.39 is 0 Å². The Morgan fingerprint density at radius 3 is 2.45 bits per heavy atom. The van der Waals surface area contributed by atoms with Crippen molar-refractivity contribution in [3.05, 3.63) is 29.8 Å². The quantitative estimate of drug-likeness (QED) is 0.912. The normalized spacial score (nSPS) is 16.2. The van der Waals surface area contributed by atoms with Crippen LogP contribution in [-0.4, -0.2) is 62.3 Å². The lowest BCUT2D eigenvalue weighted by Crippen LogP contribution is -2.50. The minimum absolute atomic E-state index is 0.0137. The molecular formula is C15H23N3O2. The highest BCUT2D eigenvalue weighted by Gasteiger charge is 2.20. The molecule has 5 nitrogen and oxygen atoms in total. The van der Waals surface area contributed by atoms with Crippen molar-refractivity contribution in [1.82, 2.24) is 9.80 Å². The van der Waals surface area contributed by atoms with Crippen molar-refractivity contribution < 1.29 is 9.53 Å². The van der Waals surface area contributed by atoms with Crippen LogP contribution in [-0.2, 0) is 4.74 Å². The molecule has 1 N–H and O–H groups in total. The minimum Gasteiger partial charge on any atom is -0.383 e. The molecule has 5 heteroatoms. The number of piperazine rings is 1. The standard InChI is InChI=1S/C15H23N3O2/c1-13-3-5-14(6-4-13)16-15(19)18-9-7-17(8-10-18)11-12-20-2/h3-6H,7-12H2,1-2H3,(H,16,19). The third-order valence-corrected chi connectivity index (χ3v) is 3.57. The van der Waals surface area contributed by atoms with Gasteiger partial charge in [0.25, 0.3) is 0 Å². The van der Waals surface area contributed by atoms with Gasteiger partial charge in [-0.3, -0.25) is 4.90 Å². The third-order valence-electron chi connectivity index (χ3n) is 3.57. The molecule has 1 aromatic rings. The summed E-state index contributed by atoms with van der Waals surface area (Å²) in [6, 6.07) is 7.85. The minimum atomic E-state index is -0.0137. The second kappa shape index (κ2) is 7.26. The van der Waals surface area contributed by atoms with Gasteiger partial charge in [0.1, 0.15) is 0 Å². The Kier molecular flexibility index (Phi) is 5.38. The van der Waals surface area contributed by atoms with E-state index >= 15 is 0 Å². The maximum Gasteiger partial charge on any atom is 0.321 e. The van der Waals surface area contributed by atoms with E-state index in [4.69, 9.17) is 4.74 Å². The van der Waals surface area contributed by atoms with Gasteiger partial charge in [-0.05, 0) is 19.1 Å². The number of methoxy groups -OCH3 is 1. The van der Waals surface area contributed by atoms with Crippen molar-refractivity contribution in [1.29, 1.82) is 0 Å². The number of benzene rings is 1. The molecule has 2 amide bonds. The van der Waals surface area contributed by atoms with Gasteiger partial charge < -0.3 is 15.0 Å². The van der Waals surface area contributed by atoms with Crippen LogP contribution in [0.4, 0.5) is 10.5 Å². The van der Waals surface area contributed by atoms with Crippen molar-refractivity contribution in [3.63, 3.8) is 0 Å². The van der Waals surface area contributed by atoms with Gasteiger partial charge in [-0.25, -0.2) is 4.79 Å². The third kappa shape index (κ3) is 4.21. The first-order valence-electron chi connectivity index (χ1n) is 7.03. The number of ether oxygens (including phenoxy) is 1. The Balaban J connectivity index is 1.78. The van der Waals surface area contributed by atoms with E-state index in [1.54, 1.807) is 7.11 Å². The summed E-state index contributed by atoms with van der Waals surface area (Å²) in [5.74, 6) is 0. The van der Waals surface area contributed by atoms with E-state index in [0.29, 0.717) is 0 Å². The molecule has 1 aliphatic heterocycles. The Morgan fingerprint density at radius 1 is 1.20 bits per heavy atom. The number of aryl methyl sites for hydroxylation is 1. The largest absolute Gasteiger partial charge is 0.383 e. The van der Waals surface area contributed by atoms with Crippen LogP contribution >= 0.6 is 0 Å². The highest BCUT2D eigenvalue weighted by atomic mass is 16.5. The summed E-state index contributed by atoms with van der Waals surface area (Å²) >= 11 is 0. The Morgan fingerprint density at radius 2 is 1.85 bits per heavy atom. The van der Waals surface area contributed by atoms with Gasteiger partial charge in [0.2, 0.25) is 0 Å². The maximum absolute atomic E-state index is 12.1. The lowest BCUT2D eigenvalue weighted by molar-refractivity contribution is 0.109. The lowest BCUT2D eigenvalue weighted by atomic mass is 10.2. The topological polar surface area (TPSA) is 44.8 Å². The van der Waals surface area contributed by atoms with Crippen molar-refractivity contribution in [2.45, 2.75) is 6.92 Å². The number of nitrogens with zero attached hydrogens (tertiary/aromatic N) is 2. The zero-order chi connectivity index (χ0) is 14.4. The van der Waals surface area contributed by atoms with Gasteiger partial charge in [-0.15, -0.1) is 0 Å². The number of hydrogen-bond donors (Lipinski definition) is 1. The molecule has 0 radical (unpaired) electrons. The van der Waals surface area contributed by atoms with Gasteiger partial charge in [-0.1, -0.05) is 17.7 Å². The second-order valence-corrected chi connectivity index (χ2v) is 5.12. The van der Waals surface area contributed by atoms with E-state index in [1.165, 1.54) is 5.56 Å². The van der Waals surface area contributed by atoms with Crippen LogP contribution in [0.2, 0.25) is 0 Å². The average Bonchev–Trinajstić information content (AvgIpc) is 2.48. The fourth-order valence-electron chi connectivity index (χ4n) is 2.23. The number of rotatable bonds is 4. The predicted molar refractivity (Wildman–Crippen MR) is 80.1 cm³/mol. The first-order chi connectivity index (χ1) is 9.69. The highest BCUT2D eigenvalue weighted by molar-refractivity contribution is 5.89. The number of nitrogens with one attached hydrogen (secondary N) is 1. The van der Waals surface area contributed by atoms with Crippen LogP contribution in [0.25, 0.3) is 0 Å². The first-order valence-corrected chi connectivity index (χ1v) is 7.03. The maximum atomic E-state index is 12.1. The first kappa shape index (κ1) is 14.8. The summed E-state index contributed by atoms with van der Waals surface area (Å²) in [7, 11) is 1.71. The molecule has 0 unspecified atom stereocenters. The van der Waals surface area contributed by atoms with E-state index in [0.717, 1.165) is 45.0 Å². The lowest BCUT2D eigenvalue weighted by Gasteiger charge is -2.34. The Hall–Kier alpha value is -1.59. The molecule has 20 heavy (non-hydrogen) atoms. The SMILES string of the molecule is COCCN1CCN(C(=O)Nc2ccc(C)cc2)CC1. The fourth-order valence-corrected chi connectivity index (χ4v) is 2.23. The van der Waals surface area contributed by atoms with Crippen molar-refractivity contribution in [2.24, 2.45) is 0 Å². The molecule has 1 aromatic carbocycles. The van der Waals surface area contributed by atoms with Gasteiger partial charge >= 0.3 is 6.03 Å². The molecule has 0 aromatic heterocycles. The summed E-state index contributed by atoms with van der Waals surface area (Å²) in [5.41, 5.74) is 2.04. The molecule has 0 bridgehead atoms. The second-order valence-electron chi connectivity index (χ2n) is 5.12. The summed E-state index contributed by atoms with van der Waals surface area (Å²) < 4.78 is 5.07. The molecule has 1 heterocycles. The van der Waals surface area contributed by atoms with Gasteiger partial charge in [0, 0.05) is 45.5 Å². The zero-order valence-corrected chi connectivity index (χ0v) is 12.3. The van der Waals surface area contributed by atoms with Crippen LogP contribution in [0.15, 0.2) is 24.3 Å². The summed E-state index contributed by atoms with van der Waals surface area (Å²) in [6.07, 6.45) is 0. The van der Waals surface area contributed by atoms with E-state index in [1.807, 2.05) is 36.1 Å². The molecule has 0 aliphatic carbocycles. The molecule has 0 atom stereocenters. The molecule has 0 spiro atoms. The van der Waals surface area contributed by atoms with Crippen LogP contribution in [0.1, 0.15) is 5.56 Å². The van der Waals surface area contributed by atoms with Crippen molar-refractivity contribution in [2.75, 3.05) is 51.8 Å². The number of carbonyl (C=O) groups excluding carboxylic acids is 1. The zero-order valence-electron chi connectivity index (χ0n) is 12.3. The smallest absolute Gasteiger partial charge is 0.321 e. The van der Waals surface area contributed by atoms with Crippen molar-refractivity contribution in [3.8, 4) is 0 Å². The molecule has 110 valence electrons. The molecular weight excluding hydrogens is 254 g/mol. The molecule has 1 saturated heterocycles. The summed E-state index contributed by atoms with van der Waals surface area (Å²) in [4.78, 5) is 16.3. The van der Waals surface area contributed by atoms with E-state index in [-0.39, 0.29) is 6.03 Å². The predicted octanol–water partition coefficient (Wildman–Crippen LogP) is 1.79. The van der Waals surface area contributed by atoms with Crippen LogP contribution < -0.4 is 5.32 Å². The Labute approximate surface area is 120 Å². The van der Waals surface area contributed by atoms with Crippen LogP contribution in [0.3, 0.4) is 0 Å². The molecule has 1 fully saturated rings. The summed E-state index contributed by atoms with van der Waals surface area (Å²) in [5, 5.41) is 2.94. The number of hydrogen-bond acceptors (Lipinski definition) is 3. The van der Waals surface area contributed by atoms with Gasteiger partial charge in [0.05, 0.1) is 6.61 Å². The van der Waals surface area contributed by atoms with E-state index in [2.05, 4.69) is 10.2 Å². The van der Waals surface area contributed by atoms with Crippen LogP contribution in [0, 0.1) is 6.92 Å². The number of urea groups is 1. The Bertz CT molecular complexity index is 425. The van der Waals surface area contributed by atoms with E-state index in [9.17, 15) is 4.79 Å². The molecule has 0 saturated carbocycles. The monoisotopic (exact) mass is 277 g/mol. The highest BCUT2D eigenvalue weighted by Crippen LogP contribution is 2.10. The number of carbonyl (C=O) groups is 1. The van der Waals surface area contributed by atoms with Crippen molar-refractivity contribution >= 4 is 11.7 Å². The van der Waals surface area contributed by atoms with Gasteiger partial charge in [-0.2, -0.15) is 0 Å². The van der Waals surface area contributed by atoms with Gasteiger partial charge in [0.15, 0.2) is 0 Å². The number of anilines is 1. The number of amides is 2. The van der Waals surface area contributed by atoms with Crippen LogP contribution in [0.5, 0.6) is 0 Å².